The molecule has 0 heterocycles. The lowest BCUT2D eigenvalue weighted by molar-refractivity contribution is -0.384. The average Bonchev–Trinajstić information content (AvgIpc) is 2.60. The number of hydrogen-bond acceptors (Lipinski definition) is 6. The molecule has 0 amide bonds. The summed E-state index contributed by atoms with van der Waals surface area (Å²) >= 11 is 0. The van der Waals surface area contributed by atoms with Gasteiger partial charge in [0.2, 0.25) is 0 Å². The molecule has 0 radical (unpaired) electrons. The number of nitro groups is 1. The Morgan fingerprint density at radius 2 is 1.84 bits per heavy atom. The van der Waals surface area contributed by atoms with E-state index in [-0.39, 0.29) is 16.3 Å². The van der Waals surface area contributed by atoms with Gasteiger partial charge in [0.05, 0.1) is 22.6 Å². The van der Waals surface area contributed by atoms with Gasteiger partial charge in [0, 0.05) is 12.1 Å². The topological polar surface area (TPSA) is 107 Å². The SMILES string of the molecule is COC(=O)CN(c1ccc([N+](=O)[O-])cc1C)S(=O)(=O)c1ccccc1. The first-order chi connectivity index (χ1) is 11.8. The van der Waals surface area contributed by atoms with Crippen molar-refractivity contribution in [1.82, 2.24) is 0 Å². The zero-order chi connectivity index (χ0) is 18.6. The maximum absolute atomic E-state index is 12.9. The molecule has 132 valence electrons. The minimum absolute atomic E-state index is 0.00310. The normalized spacial score (nSPS) is 11.0. The first kappa shape index (κ1) is 18.4. The van der Waals surface area contributed by atoms with Gasteiger partial charge in [-0.05, 0) is 30.7 Å². The number of aryl methyl sites for hydroxylation is 1. The fourth-order valence-electron chi connectivity index (χ4n) is 2.23. The molecule has 0 fully saturated rings. The van der Waals surface area contributed by atoms with Crippen LogP contribution in [-0.4, -0.2) is 33.0 Å². The summed E-state index contributed by atoms with van der Waals surface area (Å²) in [6.07, 6.45) is 0. The molecule has 2 rings (SSSR count). The van der Waals surface area contributed by atoms with E-state index in [1.54, 1.807) is 18.2 Å². The standard InChI is InChI=1S/C16H16N2O6S/c1-12-10-13(18(20)21)8-9-15(12)17(11-16(19)24-2)25(22,23)14-6-4-3-5-7-14/h3-10H,11H2,1-2H3. The van der Waals surface area contributed by atoms with Gasteiger partial charge in [0.25, 0.3) is 15.7 Å². The van der Waals surface area contributed by atoms with Gasteiger partial charge in [-0.2, -0.15) is 0 Å². The van der Waals surface area contributed by atoms with Gasteiger partial charge in [0.1, 0.15) is 6.54 Å². The molecule has 2 aromatic carbocycles. The first-order valence-electron chi connectivity index (χ1n) is 7.17. The summed E-state index contributed by atoms with van der Waals surface area (Å²) in [5.41, 5.74) is 0.342. The molecular formula is C16H16N2O6S. The highest BCUT2D eigenvalue weighted by molar-refractivity contribution is 7.92. The Hall–Kier alpha value is -2.94. The summed E-state index contributed by atoms with van der Waals surface area (Å²) in [6.45, 7) is 0.986. The summed E-state index contributed by atoms with van der Waals surface area (Å²) in [5, 5.41) is 10.9. The molecule has 25 heavy (non-hydrogen) atoms. The number of anilines is 1. The fraction of sp³-hybridized carbons (Fsp3) is 0.188. The molecule has 0 aliphatic heterocycles. The second kappa shape index (κ2) is 7.31. The predicted molar refractivity (Wildman–Crippen MR) is 90.8 cm³/mol. The zero-order valence-corrected chi connectivity index (χ0v) is 14.4. The molecule has 0 unspecified atom stereocenters. The van der Waals surface area contributed by atoms with Gasteiger partial charge in [-0.3, -0.25) is 19.2 Å². The number of non-ortho nitro benzene ring substituents is 1. The summed E-state index contributed by atoms with van der Waals surface area (Å²) in [6, 6.07) is 11.3. The van der Waals surface area contributed by atoms with Crippen LogP contribution >= 0.6 is 0 Å². The van der Waals surface area contributed by atoms with E-state index in [0.717, 1.165) is 11.4 Å². The molecule has 2 aromatic rings. The van der Waals surface area contributed by atoms with Crippen molar-refractivity contribution in [3.05, 3.63) is 64.2 Å². The third-order valence-electron chi connectivity index (χ3n) is 3.49. The number of nitrogens with zero attached hydrogens (tertiary/aromatic N) is 2. The van der Waals surface area contributed by atoms with Crippen LogP contribution in [0.1, 0.15) is 5.56 Å². The minimum atomic E-state index is -4.05. The largest absolute Gasteiger partial charge is 0.468 e. The Bertz CT molecular complexity index is 896. The number of ether oxygens (including phenoxy) is 1. The summed E-state index contributed by atoms with van der Waals surface area (Å²) in [5.74, 6) is -0.753. The number of nitro benzene ring substituents is 1. The number of benzene rings is 2. The van der Waals surface area contributed by atoms with Crippen LogP contribution in [0.25, 0.3) is 0 Å². The van der Waals surface area contributed by atoms with Crippen molar-refractivity contribution in [2.24, 2.45) is 0 Å². The van der Waals surface area contributed by atoms with E-state index in [4.69, 9.17) is 0 Å². The van der Waals surface area contributed by atoms with Gasteiger partial charge < -0.3 is 4.74 Å². The molecule has 0 spiro atoms. The van der Waals surface area contributed by atoms with E-state index in [9.17, 15) is 23.3 Å². The number of hydrogen-bond donors (Lipinski definition) is 0. The van der Waals surface area contributed by atoms with E-state index in [1.807, 2.05) is 0 Å². The molecule has 8 nitrogen and oxygen atoms in total. The zero-order valence-electron chi connectivity index (χ0n) is 13.6. The van der Waals surface area contributed by atoms with Gasteiger partial charge in [0.15, 0.2) is 0 Å². The smallest absolute Gasteiger partial charge is 0.326 e. The van der Waals surface area contributed by atoms with Crippen molar-refractivity contribution in [2.45, 2.75) is 11.8 Å². The monoisotopic (exact) mass is 364 g/mol. The highest BCUT2D eigenvalue weighted by Gasteiger charge is 2.29. The molecule has 0 N–H and O–H groups in total. The molecular weight excluding hydrogens is 348 g/mol. The lowest BCUT2D eigenvalue weighted by atomic mass is 10.2. The fourth-order valence-corrected chi connectivity index (χ4v) is 3.73. The van der Waals surface area contributed by atoms with Crippen LogP contribution in [0, 0.1) is 17.0 Å². The lowest BCUT2D eigenvalue weighted by Crippen LogP contribution is -2.36. The number of methoxy groups -OCH3 is 1. The van der Waals surface area contributed by atoms with Crippen molar-refractivity contribution < 1.29 is 22.9 Å². The van der Waals surface area contributed by atoms with Crippen LogP contribution in [-0.2, 0) is 19.6 Å². The second-order valence-corrected chi connectivity index (χ2v) is 6.99. The van der Waals surface area contributed by atoms with Crippen molar-refractivity contribution in [2.75, 3.05) is 18.0 Å². The predicted octanol–water partition coefficient (Wildman–Crippen LogP) is 2.27. The Morgan fingerprint density at radius 1 is 1.20 bits per heavy atom. The highest BCUT2D eigenvalue weighted by atomic mass is 32.2. The maximum atomic E-state index is 12.9. The molecule has 0 aliphatic rings. The van der Waals surface area contributed by atoms with Crippen LogP contribution in [0.4, 0.5) is 11.4 Å². The quantitative estimate of drug-likeness (QED) is 0.442. The molecule has 0 atom stereocenters. The van der Waals surface area contributed by atoms with Gasteiger partial charge in [-0.1, -0.05) is 18.2 Å². The van der Waals surface area contributed by atoms with Gasteiger partial charge in [-0.25, -0.2) is 8.42 Å². The van der Waals surface area contributed by atoms with Crippen molar-refractivity contribution in [3.8, 4) is 0 Å². The van der Waals surface area contributed by atoms with E-state index in [1.165, 1.54) is 37.3 Å². The van der Waals surface area contributed by atoms with E-state index < -0.39 is 27.5 Å². The van der Waals surface area contributed by atoms with Crippen LogP contribution < -0.4 is 4.31 Å². The number of sulfonamides is 1. The Labute approximate surface area is 144 Å². The van der Waals surface area contributed by atoms with Crippen molar-refractivity contribution >= 4 is 27.4 Å². The average molecular weight is 364 g/mol. The van der Waals surface area contributed by atoms with E-state index in [0.29, 0.717) is 5.56 Å². The molecule has 0 saturated heterocycles. The second-order valence-electron chi connectivity index (χ2n) is 5.13. The lowest BCUT2D eigenvalue weighted by Gasteiger charge is -2.24. The van der Waals surface area contributed by atoms with Crippen LogP contribution in [0.5, 0.6) is 0 Å². The summed E-state index contributed by atoms with van der Waals surface area (Å²) in [7, 11) is -2.90. The third kappa shape index (κ3) is 3.94. The first-order valence-corrected chi connectivity index (χ1v) is 8.61. The van der Waals surface area contributed by atoms with Gasteiger partial charge >= 0.3 is 5.97 Å². The number of carbonyl (C=O) groups is 1. The van der Waals surface area contributed by atoms with Crippen molar-refractivity contribution in [3.63, 3.8) is 0 Å². The van der Waals surface area contributed by atoms with Crippen LogP contribution in [0.2, 0.25) is 0 Å². The van der Waals surface area contributed by atoms with E-state index in [2.05, 4.69) is 4.74 Å². The van der Waals surface area contributed by atoms with Crippen molar-refractivity contribution in [1.29, 1.82) is 0 Å². The summed E-state index contributed by atoms with van der Waals surface area (Å²) in [4.78, 5) is 22.0. The molecule has 0 saturated carbocycles. The molecule has 0 aromatic heterocycles. The van der Waals surface area contributed by atoms with Gasteiger partial charge in [-0.15, -0.1) is 0 Å². The number of rotatable bonds is 6. The third-order valence-corrected chi connectivity index (χ3v) is 5.27. The molecule has 9 heteroatoms. The summed E-state index contributed by atoms with van der Waals surface area (Å²) < 4.78 is 31.3. The Balaban J connectivity index is 2.58. The Kier molecular flexibility index (Phi) is 5.38. The van der Waals surface area contributed by atoms with E-state index >= 15 is 0 Å². The van der Waals surface area contributed by atoms with Crippen LogP contribution in [0.3, 0.4) is 0 Å². The molecule has 0 bridgehead atoms. The minimum Gasteiger partial charge on any atom is -0.468 e. The number of esters is 1. The highest BCUT2D eigenvalue weighted by Crippen LogP contribution is 2.29. The van der Waals surface area contributed by atoms with Crippen LogP contribution in [0.15, 0.2) is 53.4 Å². The number of carbonyl (C=O) groups excluding carboxylic acids is 1. The Morgan fingerprint density at radius 3 is 2.36 bits per heavy atom. The maximum Gasteiger partial charge on any atom is 0.326 e. The molecule has 0 aliphatic carbocycles.